The molecule has 1 aromatic rings. The van der Waals surface area contributed by atoms with Gasteiger partial charge in [0.25, 0.3) is 0 Å². The van der Waals surface area contributed by atoms with Crippen molar-refractivity contribution in [1.29, 1.82) is 0 Å². The van der Waals surface area contributed by atoms with Gasteiger partial charge >= 0.3 is 17.9 Å². The highest BCUT2D eigenvalue weighted by Crippen LogP contribution is 2.34. The summed E-state index contributed by atoms with van der Waals surface area (Å²) in [6, 6.07) is 4.10. The third-order valence-electron chi connectivity index (χ3n) is 5.32. The van der Waals surface area contributed by atoms with Crippen LogP contribution in [0.25, 0.3) is 0 Å². The molecule has 2 rings (SSSR count). The molecule has 11 heteroatoms. The average Bonchev–Trinajstić information content (AvgIpc) is 2.77. The van der Waals surface area contributed by atoms with Gasteiger partial charge in [-0.3, -0.25) is 14.4 Å². The van der Waals surface area contributed by atoms with Crippen LogP contribution in [0.2, 0.25) is 0 Å². The van der Waals surface area contributed by atoms with Crippen LogP contribution in [0.4, 0.5) is 0 Å². The monoisotopic (exact) mass is 481 g/mol. The number of esters is 3. The maximum absolute atomic E-state index is 12.5. The minimum atomic E-state index is -1.45. The van der Waals surface area contributed by atoms with Crippen molar-refractivity contribution in [2.24, 2.45) is 11.7 Å². The van der Waals surface area contributed by atoms with E-state index in [4.69, 9.17) is 29.4 Å². The highest BCUT2D eigenvalue weighted by Gasteiger charge is 2.52. The van der Waals surface area contributed by atoms with Gasteiger partial charge in [0.15, 0.2) is 24.1 Å². The number of carbonyl (C=O) groups is 4. The number of carbonyl (C=O) groups excluding carboxylic acids is 4. The van der Waals surface area contributed by atoms with Crippen LogP contribution >= 0.6 is 0 Å². The van der Waals surface area contributed by atoms with Crippen molar-refractivity contribution in [3.05, 3.63) is 29.3 Å². The summed E-state index contributed by atoms with van der Waals surface area (Å²) in [4.78, 5) is 48.2. The van der Waals surface area contributed by atoms with E-state index in [0.29, 0.717) is 11.1 Å². The second-order valence-corrected chi connectivity index (χ2v) is 8.11. The molecule has 0 unspecified atom stereocenters. The molecular weight excluding hydrogens is 450 g/mol. The van der Waals surface area contributed by atoms with E-state index >= 15 is 0 Å². The molecule has 3 N–H and O–H groups in total. The molecule has 0 aromatic heterocycles. The first-order chi connectivity index (χ1) is 16.0. The first-order valence-corrected chi connectivity index (χ1v) is 10.7. The van der Waals surface area contributed by atoms with Gasteiger partial charge in [-0.2, -0.15) is 0 Å². The number of hydrogen-bond acceptors (Lipinski definition) is 11. The molecule has 0 bridgehead atoms. The number of Topliss-reactive ketones (excluding diaryl/α,β-unsaturated/α-hetero) is 1. The molecule has 1 fully saturated rings. The van der Waals surface area contributed by atoms with Gasteiger partial charge in [0.05, 0.1) is 25.7 Å². The Morgan fingerprint density at radius 3 is 2.26 bits per heavy atom. The van der Waals surface area contributed by atoms with Crippen molar-refractivity contribution in [3.8, 4) is 5.75 Å². The highest BCUT2D eigenvalue weighted by molar-refractivity contribution is 5.86. The SMILES string of the molecule is COC(=O)[C@H]1O[C@@H](Oc2cc(CO)ccc2CC(=O)[C@H](C)N)[C@H](C)[C@@H](OC(C)=O)[C@@H]1OC(C)=O. The fourth-order valence-electron chi connectivity index (χ4n) is 3.53. The van der Waals surface area contributed by atoms with Gasteiger partial charge in [0, 0.05) is 25.8 Å². The van der Waals surface area contributed by atoms with Crippen LogP contribution in [0.5, 0.6) is 5.75 Å². The van der Waals surface area contributed by atoms with Gasteiger partial charge in [-0.25, -0.2) is 4.79 Å². The number of hydrogen-bond donors (Lipinski definition) is 2. The molecule has 0 amide bonds. The van der Waals surface area contributed by atoms with Crippen LogP contribution in [0.15, 0.2) is 18.2 Å². The summed E-state index contributed by atoms with van der Waals surface area (Å²) in [5.74, 6) is -2.97. The van der Waals surface area contributed by atoms with Crippen LogP contribution in [-0.2, 0) is 51.2 Å². The largest absolute Gasteiger partial charge is 0.467 e. The Bertz CT molecular complexity index is 915. The number of benzene rings is 1. The summed E-state index contributed by atoms with van der Waals surface area (Å²) in [6.07, 6.45) is -5.03. The summed E-state index contributed by atoms with van der Waals surface area (Å²) in [5, 5.41) is 9.55. The molecule has 34 heavy (non-hydrogen) atoms. The maximum Gasteiger partial charge on any atom is 0.339 e. The van der Waals surface area contributed by atoms with E-state index in [1.54, 1.807) is 26.0 Å². The fraction of sp³-hybridized carbons (Fsp3) is 0.565. The van der Waals surface area contributed by atoms with Gasteiger partial charge in [0.2, 0.25) is 6.29 Å². The van der Waals surface area contributed by atoms with Gasteiger partial charge in [-0.05, 0) is 18.6 Å². The van der Waals surface area contributed by atoms with Crippen molar-refractivity contribution in [3.63, 3.8) is 0 Å². The molecular formula is C23H31NO10. The van der Waals surface area contributed by atoms with Gasteiger partial charge in [-0.1, -0.05) is 19.1 Å². The van der Waals surface area contributed by atoms with Crippen LogP contribution in [-0.4, -0.2) is 66.6 Å². The summed E-state index contributed by atoms with van der Waals surface area (Å²) >= 11 is 0. The van der Waals surface area contributed by atoms with E-state index in [0.717, 1.165) is 14.0 Å². The number of ether oxygens (including phenoxy) is 5. The predicted octanol–water partition coefficient (Wildman–Crippen LogP) is 0.414. The predicted molar refractivity (Wildman–Crippen MR) is 116 cm³/mol. The van der Waals surface area contributed by atoms with E-state index in [1.807, 2.05) is 0 Å². The summed E-state index contributed by atoms with van der Waals surface area (Å²) in [6.45, 7) is 5.24. The number of methoxy groups -OCH3 is 1. The van der Waals surface area contributed by atoms with E-state index in [1.165, 1.54) is 13.0 Å². The Kier molecular flexibility index (Phi) is 9.54. The van der Waals surface area contributed by atoms with E-state index in [2.05, 4.69) is 0 Å². The normalized spacial score (nSPS) is 25.1. The summed E-state index contributed by atoms with van der Waals surface area (Å²) < 4.78 is 27.3. The quantitative estimate of drug-likeness (QED) is 0.371. The van der Waals surface area contributed by atoms with E-state index < -0.39 is 54.5 Å². The molecule has 188 valence electrons. The molecule has 0 aliphatic carbocycles. The second kappa shape index (κ2) is 11.9. The third kappa shape index (κ3) is 6.75. The number of aliphatic hydroxyl groups excluding tert-OH is 1. The maximum atomic E-state index is 12.5. The number of rotatable bonds is 9. The molecule has 6 atom stereocenters. The third-order valence-corrected chi connectivity index (χ3v) is 5.32. The Morgan fingerprint density at radius 1 is 1.12 bits per heavy atom. The zero-order valence-electron chi connectivity index (χ0n) is 19.8. The molecule has 0 radical (unpaired) electrons. The summed E-state index contributed by atoms with van der Waals surface area (Å²) in [5.41, 5.74) is 6.68. The van der Waals surface area contributed by atoms with Crippen molar-refractivity contribution < 1.29 is 48.0 Å². The molecule has 1 aliphatic heterocycles. The first-order valence-electron chi connectivity index (χ1n) is 10.7. The minimum Gasteiger partial charge on any atom is -0.467 e. The summed E-state index contributed by atoms with van der Waals surface area (Å²) in [7, 11) is 1.13. The lowest BCUT2D eigenvalue weighted by Gasteiger charge is -2.43. The van der Waals surface area contributed by atoms with Crippen LogP contribution in [0.3, 0.4) is 0 Å². The lowest BCUT2D eigenvalue weighted by atomic mass is 9.91. The molecule has 11 nitrogen and oxygen atoms in total. The zero-order chi connectivity index (χ0) is 25.6. The fourth-order valence-corrected chi connectivity index (χ4v) is 3.53. The lowest BCUT2D eigenvalue weighted by Crippen LogP contribution is -2.60. The Balaban J connectivity index is 2.45. The minimum absolute atomic E-state index is 0.0380. The van der Waals surface area contributed by atoms with Gasteiger partial charge in [-0.15, -0.1) is 0 Å². The molecule has 0 spiro atoms. The van der Waals surface area contributed by atoms with E-state index in [-0.39, 0.29) is 24.6 Å². The molecule has 1 aromatic carbocycles. The lowest BCUT2D eigenvalue weighted by molar-refractivity contribution is -0.261. The first kappa shape index (κ1) is 27.2. The molecule has 0 saturated carbocycles. The number of ketones is 1. The smallest absolute Gasteiger partial charge is 0.339 e. The van der Waals surface area contributed by atoms with Gasteiger partial charge in [0.1, 0.15) is 5.75 Å². The van der Waals surface area contributed by atoms with Crippen molar-refractivity contribution in [1.82, 2.24) is 0 Å². The second-order valence-electron chi connectivity index (χ2n) is 8.11. The molecule has 1 saturated heterocycles. The Labute approximate surface area is 197 Å². The Hall–Kier alpha value is -3.02. The standard InChI is InChI=1S/C23H31NO10/c1-11-19(31-13(3)26)20(32-14(4)27)21(22(29)30-5)34-23(11)33-18-8-15(10-25)6-7-16(18)9-17(28)12(2)24/h6-8,11-12,19-21,23,25H,9-10,24H2,1-5H3/t11-,12+,19-,20+,21+,23-/m1/s1. The number of aliphatic hydroxyl groups is 1. The molecule has 1 aliphatic rings. The van der Waals surface area contributed by atoms with Crippen molar-refractivity contribution in [2.45, 2.75) is 71.4 Å². The number of nitrogens with two attached hydrogens (primary N) is 1. The van der Waals surface area contributed by atoms with Crippen molar-refractivity contribution >= 4 is 23.7 Å². The van der Waals surface area contributed by atoms with E-state index in [9.17, 15) is 24.3 Å². The van der Waals surface area contributed by atoms with Crippen molar-refractivity contribution in [2.75, 3.05) is 7.11 Å². The topological polar surface area (TPSA) is 161 Å². The highest BCUT2D eigenvalue weighted by atomic mass is 16.7. The Morgan fingerprint density at radius 2 is 1.74 bits per heavy atom. The van der Waals surface area contributed by atoms with Crippen LogP contribution in [0.1, 0.15) is 38.8 Å². The molecule has 1 heterocycles. The van der Waals surface area contributed by atoms with Crippen LogP contribution in [0, 0.1) is 5.92 Å². The van der Waals surface area contributed by atoms with Crippen LogP contribution < -0.4 is 10.5 Å². The average molecular weight is 481 g/mol. The van der Waals surface area contributed by atoms with Gasteiger partial charge < -0.3 is 34.5 Å². The zero-order valence-corrected chi connectivity index (χ0v) is 19.8.